The number of carbonyl (C=O) groups is 3. The van der Waals surface area contributed by atoms with Crippen LogP contribution in [0.1, 0.15) is 17.0 Å². The van der Waals surface area contributed by atoms with Crippen LogP contribution in [0.3, 0.4) is 0 Å². The van der Waals surface area contributed by atoms with Gasteiger partial charge in [-0.25, -0.2) is 9.78 Å². The van der Waals surface area contributed by atoms with Gasteiger partial charge in [-0.1, -0.05) is 6.07 Å². The Kier molecular flexibility index (Phi) is 6.65. The Hall–Kier alpha value is -3.14. The molecular weight excluding hydrogens is 396 g/mol. The van der Waals surface area contributed by atoms with Crippen molar-refractivity contribution in [2.45, 2.75) is 25.4 Å². The van der Waals surface area contributed by atoms with Crippen LogP contribution >= 0.6 is 11.3 Å². The summed E-state index contributed by atoms with van der Waals surface area (Å²) >= 11 is 1.52. The van der Waals surface area contributed by atoms with E-state index in [1.807, 2.05) is 5.38 Å². The van der Waals surface area contributed by atoms with E-state index < -0.39 is 18.0 Å². The van der Waals surface area contributed by atoms with Crippen LogP contribution in [0.15, 0.2) is 29.8 Å². The minimum atomic E-state index is -0.873. The molecule has 1 aromatic heterocycles. The Balaban J connectivity index is 1.54. The van der Waals surface area contributed by atoms with Gasteiger partial charge in [-0.2, -0.15) is 0 Å². The Labute approximate surface area is 172 Å². The smallest absolute Gasteiger partial charge is 0.325 e. The van der Waals surface area contributed by atoms with Gasteiger partial charge in [-0.15, -0.1) is 11.3 Å². The van der Waals surface area contributed by atoms with Gasteiger partial charge in [0, 0.05) is 24.5 Å². The number of imide groups is 1. The van der Waals surface area contributed by atoms with Gasteiger partial charge in [0.1, 0.15) is 6.04 Å². The fraction of sp³-hybridized carbons (Fsp3) is 0.368. The Morgan fingerprint density at radius 2 is 2.07 bits per heavy atom. The summed E-state index contributed by atoms with van der Waals surface area (Å²) in [5, 5.41) is 8.12. The molecule has 1 saturated heterocycles. The molecule has 1 atom stereocenters. The molecule has 0 bridgehead atoms. The predicted octanol–water partition coefficient (Wildman–Crippen LogP) is 1.33. The quantitative estimate of drug-likeness (QED) is 0.595. The van der Waals surface area contributed by atoms with E-state index in [0.717, 1.165) is 9.91 Å². The maximum Gasteiger partial charge on any atom is 0.325 e. The first-order valence-electron chi connectivity index (χ1n) is 8.99. The molecule has 1 aliphatic rings. The number of hydrogen-bond donors (Lipinski definition) is 2. The molecule has 0 saturated carbocycles. The number of carbonyl (C=O) groups excluding carboxylic acids is 3. The first kappa shape index (κ1) is 20.6. The highest BCUT2D eigenvalue weighted by molar-refractivity contribution is 7.09. The van der Waals surface area contributed by atoms with Gasteiger partial charge in [0.2, 0.25) is 5.91 Å². The Morgan fingerprint density at radius 3 is 2.76 bits per heavy atom. The highest BCUT2D eigenvalue weighted by atomic mass is 32.1. The molecule has 3 rings (SSSR count). The topological polar surface area (TPSA) is 110 Å². The molecule has 10 heteroatoms. The van der Waals surface area contributed by atoms with Crippen molar-refractivity contribution in [1.82, 2.24) is 20.5 Å². The molecule has 0 aliphatic carbocycles. The van der Waals surface area contributed by atoms with Crippen molar-refractivity contribution >= 4 is 29.2 Å². The lowest BCUT2D eigenvalue weighted by molar-refractivity contribution is -0.131. The normalized spacial score (nSPS) is 15.9. The first-order valence-corrected chi connectivity index (χ1v) is 9.87. The zero-order chi connectivity index (χ0) is 20.8. The first-order chi connectivity index (χ1) is 14.0. The number of methoxy groups -OCH3 is 2. The van der Waals surface area contributed by atoms with Crippen LogP contribution in [-0.4, -0.2) is 54.5 Å². The van der Waals surface area contributed by atoms with Crippen molar-refractivity contribution in [3.8, 4) is 11.5 Å². The van der Waals surface area contributed by atoms with Crippen molar-refractivity contribution in [3.05, 3.63) is 40.3 Å². The van der Waals surface area contributed by atoms with Crippen LogP contribution < -0.4 is 20.1 Å². The molecule has 2 heterocycles. The van der Waals surface area contributed by atoms with Crippen LogP contribution in [0.4, 0.5) is 4.79 Å². The van der Waals surface area contributed by atoms with E-state index in [0.29, 0.717) is 30.0 Å². The molecule has 0 radical (unpaired) electrons. The van der Waals surface area contributed by atoms with Crippen molar-refractivity contribution in [2.24, 2.45) is 0 Å². The van der Waals surface area contributed by atoms with Gasteiger partial charge < -0.3 is 20.1 Å². The van der Waals surface area contributed by atoms with E-state index in [9.17, 15) is 14.4 Å². The summed E-state index contributed by atoms with van der Waals surface area (Å²) in [6.45, 7) is 0.504. The Morgan fingerprint density at radius 1 is 1.28 bits per heavy atom. The molecule has 2 N–H and O–H groups in total. The van der Waals surface area contributed by atoms with Gasteiger partial charge in [0.15, 0.2) is 11.5 Å². The second-order valence-electron chi connectivity index (χ2n) is 6.35. The fourth-order valence-corrected chi connectivity index (χ4v) is 3.59. The van der Waals surface area contributed by atoms with E-state index >= 15 is 0 Å². The van der Waals surface area contributed by atoms with Crippen LogP contribution in [0.2, 0.25) is 0 Å². The van der Waals surface area contributed by atoms with E-state index in [2.05, 4.69) is 15.6 Å². The highest BCUT2D eigenvalue weighted by Gasteiger charge is 2.39. The van der Waals surface area contributed by atoms with Gasteiger partial charge in [0.05, 0.1) is 32.2 Å². The van der Waals surface area contributed by atoms with Crippen molar-refractivity contribution in [3.63, 3.8) is 0 Å². The number of nitrogens with one attached hydrogen (secondary N) is 2. The lowest BCUT2D eigenvalue weighted by Gasteiger charge is -2.15. The van der Waals surface area contributed by atoms with E-state index in [1.54, 1.807) is 24.4 Å². The molecule has 1 fully saturated rings. The largest absolute Gasteiger partial charge is 0.493 e. The summed E-state index contributed by atoms with van der Waals surface area (Å²) in [4.78, 5) is 42.2. The van der Waals surface area contributed by atoms with Crippen molar-refractivity contribution in [1.29, 1.82) is 0 Å². The van der Waals surface area contributed by atoms with Crippen molar-refractivity contribution in [2.75, 3.05) is 20.8 Å². The lowest BCUT2D eigenvalue weighted by Crippen LogP contribution is -2.37. The third-order valence-electron chi connectivity index (χ3n) is 4.43. The van der Waals surface area contributed by atoms with Crippen LogP contribution in [-0.2, 0) is 22.6 Å². The maximum atomic E-state index is 12.6. The molecule has 0 spiro atoms. The number of rotatable bonds is 9. The molecule has 9 nitrogen and oxygen atoms in total. The second kappa shape index (κ2) is 9.37. The summed E-state index contributed by atoms with van der Waals surface area (Å²) in [6, 6.07) is 3.77. The van der Waals surface area contributed by atoms with Gasteiger partial charge >= 0.3 is 6.03 Å². The monoisotopic (exact) mass is 418 g/mol. The number of hydrogen-bond acceptors (Lipinski definition) is 7. The minimum Gasteiger partial charge on any atom is -0.493 e. The standard InChI is InChI=1S/C19H22N4O5S/c1-27-14-4-3-12(9-15(14)28-2)11-23-18(25)13(22-19(23)26)10-16(24)20-6-5-17-21-7-8-29-17/h3-4,7-9,13H,5-6,10-11H2,1-2H3,(H,20,24)(H,22,26)/t13-/m1/s1. The van der Waals surface area contributed by atoms with Gasteiger partial charge in [-0.05, 0) is 17.7 Å². The Bertz CT molecular complexity index is 887. The van der Waals surface area contributed by atoms with Gasteiger partial charge in [0.25, 0.3) is 5.91 Å². The zero-order valence-electron chi connectivity index (χ0n) is 16.1. The molecule has 1 aromatic carbocycles. The van der Waals surface area contributed by atoms with Gasteiger partial charge in [-0.3, -0.25) is 14.5 Å². The molecule has 29 heavy (non-hydrogen) atoms. The van der Waals surface area contributed by atoms with Crippen molar-refractivity contribution < 1.29 is 23.9 Å². The minimum absolute atomic E-state index is 0.0766. The average Bonchev–Trinajstić information content (AvgIpc) is 3.32. The van der Waals surface area contributed by atoms with Crippen LogP contribution in [0, 0.1) is 0 Å². The number of nitrogens with zero attached hydrogens (tertiary/aromatic N) is 2. The molecule has 1 aliphatic heterocycles. The fourth-order valence-electron chi connectivity index (χ4n) is 2.97. The molecule has 4 amide bonds. The van der Waals surface area contributed by atoms with Crippen LogP contribution in [0.25, 0.3) is 0 Å². The van der Waals surface area contributed by atoms with Crippen LogP contribution in [0.5, 0.6) is 11.5 Å². The number of amides is 4. The number of ether oxygens (including phenoxy) is 2. The summed E-state index contributed by atoms with van der Waals surface area (Å²) < 4.78 is 10.4. The average molecular weight is 418 g/mol. The highest BCUT2D eigenvalue weighted by Crippen LogP contribution is 2.28. The molecule has 0 unspecified atom stereocenters. The summed E-state index contributed by atoms with van der Waals surface area (Å²) in [6.07, 6.45) is 2.23. The SMILES string of the molecule is COc1ccc(CN2C(=O)N[C@H](CC(=O)NCCc3nccs3)C2=O)cc1OC. The number of urea groups is 1. The summed E-state index contributed by atoms with van der Waals surface area (Å²) in [7, 11) is 3.04. The van der Waals surface area contributed by atoms with E-state index in [4.69, 9.17) is 9.47 Å². The second-order valence-corrected chi connectivity index (χ2v) is 7.32. The predicted molar refractivity (Wildman–Crippen MR) is 106 cm³/mol. The number of benzene rings is 1. The summed E-state index contributed by atoms with van der Waals surface area (Å²) in [5.74, 6) is 0.335. The summed E-state index contributed by atoms with van der Waals surface area (Å²) in [5.41, 5.74) is 0.708. The lowest BCUT2D eigenvalue weighted by atomic mass is 10.1. The molecular formula is C19H22N4O5S. The van der Waals surface area contributed by atoms with E-state index in [-0.39, 0.29) is 18.9 Å². The maximum absolute atomic E-state index is 12.6. The third-order valence-corrected chi connectivity index (χ3v) is 5.27. The molecule has 154 valence electrons. The number of thiazole rings is 1. The number of aromatic nitrogens is 1. The third kappa shape index (κ3) is 5.02. The molecule has 2 aromatic rings. The zero-order valence-corrected chi connectivity index (χ0v) is 17.0. The van der Waals surface area contributed by atoms with E-state index in [1.165, 1.54) is 25.6 Å².